The minimum absolute atomic E-state index is 0.0299. The van der Waals surface area contributed by atoms with Gasteiger partial charge in [0.2, 0.25) is 0 Å². The molecule has 1 rings (SSSR count). The second-order valence-electron chi connectivity index (χ2n) is 3.80. The molecule has 4 nitrogen and oxygen atoms in total. The van der Waals surface area contributed by atoms with Gasteiger partial charge in [0, 0.05) is 18.8 Å². The molecule has 6 heteroatoms. The van der Waals surface area contributed by atoms with Gasteiger partial charge in [-0.3, -0.25) is 4.79 Å². The Bertz CT molecular complexity index is 410. The Labute approximate surface area is 110 Å². The van der Waals surface area contributed by atoms with Crippen molar-refractivity contribution >= 4 is 29.1 Å². The number of hydrogen-bond donors (Lipinski definition) is 1. The topological polar surface area (TPSA) is 53.4 Å². The summed E-state index contributed by atoms with van der Waals surface area (Å²) in [6.45, 7) is 3.89. The number of carbonyl (C=O) groups excluding carboxylic acids is 1. The van der Waals surface area contributed by atoms with Crippen molar-refractivity contribution in [2.45, 2.75) is 19.9 Å². The molecule has 0 aliphatic carbocycles. The van der Waals surface area contributed by atoms with Crippen LogP contribution in [0, 0.1) is 0 Å². The van der Waals surface area contributed by atoms with E-state index in [-0.39, 0.29) is 35.3 Å². The number of hydrogen-bond acceptors (Lipinski definition) is 3. The first-order valence-electron chi connectivity index (χ1n) is 5.20. The average Bonchev–Trinajstić information content (AvgIpc) is 2.28. The summed E-state index contributed by atoms with van der Waals surface area (Å²) in [6.07, 6.45) is 1.34. The number of carbonyl (C=O) groups is 1. The molecule has 0 saturated carbocycles. The van der Waals surface area contributed by atoms with Gasteiger partial charge in [0.25, 0.3) is 5.91 Å². The Balaban J connectivity index is 3.04. The fourth-order valence-corrected chi connectivity index (χ4v) is 1.78. The second-order valence-corrected chi connectivity index (χ2v) is 4.60. The maximum atomic E-state index is 12.2. The smallest absolute Gasteiger partial charge is 0.255 e. The predicted molar refractivity (Wildman–Crippen MR) is 67.5 cm³/mol. The van der Waals surface area contributed by atoms with Gasteiger partial charge < -0.3 is 10.0 Å². The second kappa shape index (κ2) is 6.19. The molecule has 0 bridgehead atoms. The first-order valence-corrected chi connectivity index (χ1v) is 5.95. The minimum Gasteiger partial charge on any atom is -0.395 e. The van der Waals surface area contributed by atoms with Gasteiger partial charge in [0.05, 0.1) is 17.2 Å². The molecule has 17 heavy (non-hydrogen) atoms. The number of amides is 1. The van der Waals surface area contributed by atoms with Crippen molar-refractivity contribution in [2.75, 3.05) is 13.2 Å². The SMILES string of the molecule is CC(C)N(CCO)C(=O)c1cc(Cl)ncc1Cl. The van der Waals surface area contributed by atoms with Crippen LogP contribution < -0.4 is 0 Å². The predicted octanol–water partition coefficient (Wildman–Crippen LogP) is 2.23. The molecule has 0 atom stereocenters. The van der Waals surface area contributed by atoms with Gasteiger partial charge in [0.15, 0.2) is 0 Å². The van der Waals surface area contributed by atoms with Crippen molar-refractivity contribution in [2.24, 2.45) is 0 Å². The number of rotatable bonds is 4. The lowest BCUT2D eigenvalue weighted by Gasteiger charge is -2.26. The highest BCUT2D eigenvalue weighted by Crippen LogP contribution is 2.20. The van der Waals surface area contributed by atoms with Gasteiger partial charge in [0.1, 0.15) is 5.15 Å². The number of aliphatic hydroxyl groups is 1. The van der Waals surface area contributed by atoms with Crippen LogP contribution in [0.2, 0.25) is 10.2 Å². The lowest BCUT2D eigenvalue weighted by atomic mass is 10.2. The molecule has 0 aromatic carbocycles. The quantitative estimate of drug-likeness (QED) is 0.859. The van der Waals surface area contributed by atoms with E-state index in [4.69, 9.17) is 28.3 Å². The lowest BCUT2D eigenvalue weighted by Crippen LogP contribution is -2.39. The summed E-state index contributed by atoms with van der Waals surface area (Å²) in [5, 5.41) is 9.41. The van der Waals surface area contributed by atoms with E-state index in [1.54, 1.807) is 0 Å². The van der Waals surface area contributed by atoms with Gasteiger partial charge in [-0.1, -0.05) is 23.2 Å². The van der Waals surface area contributed by atoms with Crippen LogP contribution in [0.25, 0.3) is 0 Å². The highest BCUT2D eigenvalue weighted by molar-refractivity contribution is 6.35. The van der Waals surface area contributed by atoms with E-state index >= 15 is 0 Å². The van der Waals surface area contributed by atoms with E-state index in [9.17, 15) is 4.79 Å². The number of aliphatic hydroxyl groups excluding tert-OH is 1. The zero-order valence-corrected chi connectivity index (χ0v) is 11.2. The van der Waals surface area contributed by atoms with Gasteiger partial charge >= 0.3 is 0 Å². The summed E-state index contributed by atoms with van der Waals surface area (Å²) in [6, 6.07) is 1.40. The highest BCUT2D eigenvalue weighted by atomic mass is 35.5. The zero-order chi connectivity index (χ0) is 13.0. The van der Waals surface area contributed by atoms with Crippen LogP contribution in [0.1, 0.15) is 24.2 Å². The maximum absolute atomic E-state index is 12.2. The molecule has 1 aromatic rings. The Kier molecular flexibility index (Phi) is 5.18. The van der Waals surface area contributed by atoms with Crippen LogP contribution in [0.15, 0.2) is 12.3 Å². The lowest BCUT2D eigenvalue weighted by molar-refractivity contribution is 0.0665. The van der Waals surface area contributed by atoms with Gasteiger partial charge in [-0.25, -0.2) is 4.98 Å². The summed E-state index contributed by atoms with van der Waals surface area (Å²) in [7, 11) is 0. The number of aromatic nitrogens is 1. The number of halogens is 2. The van der Waals surface area contributed by atoms with E-state index in [0.29, 0.717) is 5.56 Å². The van der Waals surface area contributed by atoms with Gasteiger partial charge in [-0.15, -0.1) is 0 Å². The molecule has 0 saturated heterocycles. The Morgan fingerprint density at radius 2 is 2.18 bits per heavy atom. The van der Waals surface area contributed by atoms with E-state index in [1.165, 1.54) is 17.2 Å². The van der Waals surface area contributed by atoms with Crippen LogP contribution in [0.3, 0.4) is 0 Å². The first-order chi connectivity index (χ1) is 7.97. The largest absolute Gasteiger partial charge is 0.395 e. The molecule has 1 heterocycles. The summed E-state index contributed by atoms with van der Waals surface area (Å²) < 4.78 is 0. The molecule has 0 spiro atoms. The van der Waals surface area contributed by atoms with Gasteiger partial charge in [-0.2, -0.15) is 0 Å². The number of nitrogens with zero attached hydrogens (tertiary/aromatic N) is 2. The first kappa shape index (κ1) is 14.2. The Morgan fingerprint density at radius 3 is 2.71 bits per heavy atom. The van der Waals surface area contributed by atoms with Crippen molar-refractivity contribution in [1.29, 1.82) is 0 Å². The molecular weight excluding hydrogens is 263 g/mol. The molecule has 1 N–H and O–H groups in total. The Hall–Kier alpha value is -0.840. The molecular formula is C11H14Cl2N2O2. The summed E-state index contributed by atoms with van der Waals surface area (Å²) >= 11 is 11.6. The number of pyridine rings is 1. The van der Waals surface area contributed by atoms with Crippen LogP contribution >= 0.6 is 23.2 Å². The van der Waals surface area contributed by atoms with E-state index in [0.717, 1.165) is 0 Å². The monoisotopic (exact) mass is 276 g/mol. The van der Waals surface area contributed by atoms with Gasteiger partial charge in [-0.05, 0) is 19.9 Å². The molecule has 94 valence electrons. The van der Waals surface area contributed by atoms with E-state index in [2.05, 4.69) is 4.98 Å². The van der Waals surface area contributed by atoms with Crippen LogP contribution in [-0.4, -0.2) is 40.1 Å². The summed E-state index contributed by atoms with van der Waals surface area (Å²) in [5.74, 6) is -0.261. The molecule has 1 aromatic heterocycles. The van der Waals surface area contributed by atoms with Crippen LogP contribution in [-0.2, 0) is 0 Å². The standard InChI is InChI=1S/C11H14Cl2N2O2/c1-7(2)15(3-4-16)11(17)8-5-10(13)14-6-9(8)12/h5-7,16H,3-4H2,1-2H3. The third-order valence-corrected chi connectivity index (χ3v) is 2.79. The average molecular weight is 277 g/mol. The molecule has 0 aliphatic rings. The molecule has 1 amide bonds. The van der Waals surface area contributed by atoms with E-state index in [1.807, 2.05) is 13.8 Å². The molecule has 0 radical (unpaired) electrons. The normalized spacial score (nSPS) is 10.7. The van der Waals surface area contributed by atoms with Crippen molar-refractivity contribution in [3.8, 4) is 0 Å². The third kappa shape index (κ3) is 3.56. The molecule has 0 aliphatic heterocycles. The van der Waals surface area contributed by atoms with Crippen molar-refractivity contribution in [3.63, 3.8) is 0 Å². The Morgan fingerprint density at radius 1 is 1.53 bits per heavy atom. The maximum Gasteiger partial charge on any atom is 0.255 e. The van der Waals surface area contributed by atoms with Crippen LogP contribution in [0.5, 0.6) is 0 Å². The van der Waals surface area contributed by atoms with Crippen LogP contribution in [0.4, 0.5) is 0 Å². The fourth-order valence-electron chi connectivity index (χ4n) is 1.43. The summed E-state index contributed by atoms with van der Waals surface area (Å²) in [5.41, 5.74) is 0.300. The fraction of sp³-hybridized carbons (Fsp3) is 0.455. The third-order valence-electron chi connectivity index (χ3n) is 2.28. The summed E-state index contributed by atoms with van der Waals surface area (Å²) in [4.78, 5) is 17.5. The molecule has 0 unspecified atom stereocenters. The van der Waals surface area contributed by atoms with Crippen molar-refractivity contribution < 1.29 is 9.90 Å². The molecule has 0 fully saturated rings. The minimum atomic E-state index is -0.261. The highest BCUT2D eigenvalue weighted by Gasteiger charge is 2.21. The van der Waals surface area contributed by atoms with Crippen molar-refractivity contribution in [3.05, 3.63) is 28.0 Å². The zero-order valence-electron chi connectivity index (χ0n) is 9.65. The van der Waals surface area contributed by atoms with Crippen molar-refractivity contribution in [1.82, 2.24) is 9.88 Å². The van der Waals surface area contributed by atoms with E-state index < -0.39 is 0 Å².